The van der Waals surface area contributed by atoms with Crippen molar-refractivity contribution in [3.8, 4) is 23.8 Å². The van der Waals surface area contributed by atoms with Gasteiger partial charge in [-0.1, -0.05) is 36.3 Å². The molecule has 0 saturated carbocycles. The van der Waals surface area contributed by atoms with Gasteiger partial charge in [0.2, 0.25) is 0 Å². The van der Waals surface area contributed by atoms with E-state index in [0.29, 0.717) is 6.42 Å². The molecule has 0 heterocycles. The third-order valence-corrected chi connectivity index (χ3v) is 2.50. The smallest absolute Gasteiger partial charge is 0.127 e. The maximum absolute atomic E-state index is 9.42. The average Bonchev–Trinajstić information content (AvgIpc) is 2.40. The Bertz CT molecular complexity index is 541. The van der Waals surface area contributed by atoms with E-state index in [1.165, 1.54) is 0 Å². The minimum atomic E-state index is -0.753. The topological polar surface area (TPSA) is 29.5 Å². The van der Waals surface area contributed by atoms with Crippen LogP contribution in [0.25, 0.3) is 0 Å². The Hall–Kier alpha value is -2.24. The molecule has 0 amide bonds. The van der Waals surface area contributed by atoms with Crippen LogP contribution in [0.2, 0.25) is 0 Å². The van der Waals surface area contributed by atoms with E-state index in [1.807, 2.05) is 54.6 Å². The Balaban J connectivity index is 2.11. The van der Waals surface area contributed by atoms with E-state index in [9.17, 15) is 5.11 Å². The van der Waals surface area contributed by atoms with E-state index >= 15 is 0 Å². The molecule has 2 aromatic rings. The van der Waals surface area contributed by atoms with Gasteiger partial charge in [0.25, 0.3) is 0 Å². The molecule has 1 N–H and O–H groups in total. The van der Waals surface area contributed by atoms with E-state index in [0.717, 1.165) is 17.1 Å². The number of para-hydroxylation sites is 1. The highest BCUT2D eigenvalue weighted by atomic mass is 16.5. The predicted molar refractivity (Wildman–Crippen MR) is 71.5 cm³/mol. The molecule has 2 heteroatoms. The molecule has 1 unspecified atom stereocenters. The fourth-order valence-electron chi connectivity index (χ4n) is 1.64. The van der Waals surface area contributed by atoms with Crippen molar-refractivity contribution in [2.24, 2.45) is 0 Å². The van der Waals surface area contributed by atoms with Crippen LogP contribution in [-0.4, -0.2) is 11.2 Å². The Labute approximate surface area is 107 Å². The van der Waals surface area contributed by atoms with Gasteiger partial charge in [-0.2, -0.15) is 0 Å². The van der Waals surface area contributed by atoms with Crippen LogP contribution >= 0.6 is 0 Å². The molecule has 0 aromatic heterocycles. The fraction of sp³-hybridized carbons (Fsp3) is 0.125. The number of aliphatic hydroxyl groups excluding tert-OH is 1. The summed E-state index contributed by atoms with van der Waals surface area (Å²) < 4.78 is 5.70. The van der Waals surface area contributed by atoms with Gasteiger partial charge >= 0.3 is 0 Å². The second-order valence-electron chi connectivity index (χ2n) is 3.95. The standard InChI is InChI=1S/C16H14O2/c1-2-14(17)11-13-7-6-10-16(12-13)18-15-8-4-3-5-9-15/h1,3-10,12,14,17H,11H2. The molecular formula is C16H14O2. The van der Waals surface area contributed by atoms with Crippen molar-refractivity contribution in [3.05, 3.63) is 60.2 Å². The third kappa shape index (κ3) is 3.38. The van der Waals surface area contributed by atoms with Crippen LogP contribution < -0.4 is 4.74 Å². The first-order chi connectivity index (χ1) is 8.78. The highest BCUT2D eigenvalue weighted by Crippen LogP contribution is 2.22. The quantitative estimate of drug-likeness (QED) is 0.830. The van der Waals surface area contributed by atoms with Gasteiger partial charge in [-0.25, -0.2) is 0 Å². The van der Waals surface area contributed by atoms with E-state index in [2.05, 4.69) is 5.92 Å². The van der Waals surface area contributed by atoms with Crippen LogP contribution in [0, 0.1) is 12.3 Å². The van der Waals surface area contributed by atoms with E-state index in [4.69, 9.17) is 11.2 Å². The van der Waals surface area contributed by atoms with Crippen molar-refractivity contribution in [1.29, 1.82) is 0 Å². The molecule has 2 nitrogen and oxygen atoms in total. The minimum Gasteiger partial charge on any atom is -0.457 e. The van der Waals surface area contributed by atoms with E-state index in [-0.39, 0.29) is 0 Å². The normalized spacial score (nSPS) is 11.6. The summed E-state index contributed by atoms with van der Waals surface area (Å²) in [7, 11) is 0. The van der Waals surface area contributed by atoms with Gasteiger partial charge in [-0.05, 0) is 29.8 Å². The third-order valence-electron chi connectivity index (χ3n) is 2.50. The van der Waals surface area contributed by atoms with Gasteiger partial charge in [0.15, 0.2) is 0 Å². The van der Waals surface area contributed by atoms with Crippen molar-refractivity contribution >= 4 is 0 Å². The summed E-state index contributed by atoms with van der Waals surface area (Å²) in [4.78, 5) is 0. The number of terminal acetylenes is 1. The molecule has 0 spiro atoms. The Morgan fingerprint density at radius 1 is 1.06 bits per heavy atom. The highest BCUT2D eigenvalue weighted by molar-refractivity contribution is 5.34. The van der Waals surface area contributed by atoms with Gasteiger partial charge in [-0.15, -0.1) is 6.42 Å². The molecule has 0 fully saturated rings. The summed E-state index contributed by atoms with van der Waals surface area (Å²) in [5.74, 6) is 3.82. The molecular weight excluding hydrogens is 224 g/mol. The first-order valence-corrected chi connectivity index (χ1v) is 5.74. The largest absolute Gasteiger partial charge is 0.457 e. The van der Waals surface area contributed by atoms with Crippen molar-refractivity contribution in [1.82, 2.24) is 0 Å². The zero-order valence-electron chi connectivity index (χ0n) is 9.91. The lowest BCUT2D eigenvalue weighted by molar-refractivity contribution is 0.233. The zero-order valence-corrected chi connectivity index (χ0v) is 9.91. The summed E-state index contributed by atoms with van der Waals surface area (Å²) >= 11 is 0. The highest BCUT2D eigenvalue weighted by Gasteiger charge is 2.03. The molecule has 1 atom stereocenters. The second kappa shape index (κ2) is 5.90. The Morgan fingerprint density at radius 2 is 1.78 bits per heavy atom. The average molecular weight is 238 g/mol. The monoisotopic (exact) mass is 238 g/mol. The predicted octanol–water partition coefficient (Wildman–Crippen LogP) is 3.02. The molecule has 0 aliphatic carbocycles. The van der Waals surface area contributed by atoms with Crippen molar-refractivity contribution in [2.75, 3.05) is 0 Å². The van der Waals surface area contributed by atoms with Crippen molar-refractivity contribution in [2.45, 2.75) is 12.5 Å². The molecule has 0 radical (unpaired) electrons. The van der Waals surface area contributed by atoms with Crippen LogP contribution in [0.1, 0.15) is 5.56 Å². The first-order valence-electron chi connectivity index (χ1n) is 5.74. The first kappa shape index (κ1) is 12.2. The fourth-order valence-corrected chi connectivity index (χ4v) is 1.64. The van der Waals surface area contributed by atoms with Crippen molar-refractivity contribution < 1.29 is 9.84 Å². The van der Waals surface area contributed by atoms with Crippen LogP contribution in [0.15, 0.2) is 54.6 Å². The van der Waals surface area contributed by atoms with Gasteiger partial charge in [0.05, 0.1) is 0 Å². The number of benzene rings is 2. The van der Waals surface area contributed by atoms with Crippen LogP contribution in [-0.2, 0) is 6.42 Å². The molecule has 0 aliphatic heterocycles. The van der Waals surface area contributed by atoms with E-state index in [1.54, 1.807) is 0 Å². The van der Waals surface area contributed by atoms with E-state index < -0.39 is 6.10 Å². The number of hydrogen-bond donors (Lipinski definition) is 1. The summed E-state index contributed by atoms with van der Waals surface area (Å²) in [5, 5.41) is 9.42. The molecule has 0 aliphatic rings. The zero-order chi connectivity index (χ0) is 12.8. The Kier molecular flexibility index (Phi) is 4.01. The van der Waals surface area contributed by atoms with Gasteiger partial charge in [-0.3, -0.25) is 0 Å². The lowest BCUT2D eigenvalue weighted by atomic mass is 10.1. The molecule has 2 aromatic carbocycles. The van der Waals surface area contributed by atoms with Gasteiger partial charge in [0.1, 0.15) is 17.6 Å². The summed E-state index contributed by atoms with van der Waals surface area (Å²) in [6, 6.07) is 17.1. The Morgan fingerprint density at radius 3 is 2.50 bits per heavy atom. The SMILES string of the molecule is C#CC(O)Cc1cccc(Oc2ccccc2)c1. The molecule has 0 saturated heterocycles. The minimum absolute atomic E-state index is 0.433. The van der Waals surface area contributed by atoms with Crippen LogP contribution in [0.5, 0.6) is 11.5 Å². The van der Waals surface area contributed by atoms with Crippen LogP contribution in [0.3, 0.4) is 0 Å². The lowest BCUT2D eigenvalue weighted by Gasteiger charge is -2.08. The lowest BCUT2D eigenvalue weighted by Crippen LogP contribution is -2.06. The van der Waals surface area contributed by atoms with Crippen molar-refractivity contribution in [3.63, 3.8) is 0 Å². The summed E-state index contributed by atoms with van der Waals surface area (Å²) in [6.07, 6.45) is 4.83. The second-order valence-corrected chi connectivity index (χ2v) is 3.95. The van der Waals surface area contributed by atoms with Gasteiger partial charge < -0.3 is 9.84 Å². The molecule has 90 valence electrons. The molecule has 18 heavy (non-hydrogen) atoms. The number of hydrogen-bond acceptors (Lipinski definition) is 2. The van der Waals surface area contributed by atoms with Gasteiger partial charge in [0, 0.05) is 6.42 Å². The number of aliphatic hydroxyl groups is 1. The maximum Gasteiger partial charge on any atom is 0.127 e. The molecule has 0 bridgehead atoms. The maximum atomic E-state index is 9.42. The summed E-state index contributed by atoms with van der Waals surface area (Å²) in [6.45, 7) is 0. The number of ether oxygens (including phenoxy) is 1. The molecule has 2 rings (SSSR count). The van der Waals surface area contributed by atoms with Crippen LogP contribution in [0.4, 0.5) is 0 Å². The number of rotatable bonds is 4. The summed E-state index contributed by atoms with van der Waals surface area (Å²) in [5.41, 5.74) is 0.953.